The van der Waals surface area contributed by atoms with Crippen LogP contribution in [-0.4, -0.2) is 9.97 Å². The van der Waals surface area contributed by atoms with Crippen molar-refractivity contribution in [3.63, 3.8) is 0 Å². The number of aromatic nitrogens is 2. The van der Waals surface area contributed by atoms with E-state index < -0.39 is 5.54 Å². The van der Waals surface area contributed by atoms with E-state index in [1.165, 1.54) is 6.07 Å². The third kappa shape index (κ3) is 2.24. The van der Waals surface area contributed by atoms with Crippen LogP contribution >= 0.6 is 0 Å². The highest BCUT2D eigenvalue weighted by molar-refractivity contribution is 5.62. The molecule has 1 aromatic heterocycles. The molecule has 1 heterocycles. The Balaban J connectivity index is 1.93. The summed E-state index contributed by atoms with van der Waals surface area (Å²) in [6, 6.07) is 6.63. The Morgan fingerprint density at radius 2 is 1.68 bits per heavy atom. The van der Waals surface area contributed by atoms with Crippen molar-refractivity contribution < 1.29 is 4.39 Å². The molecule has 0 spiro atoms. The standard InChI is InChI=1S/C15H16FN3/c16-13-6-2-1-5-12(13)11-9-18-14(19-10-11)15(17)7-3-4-8-15/h1-2,5-6,9-10H,3-4,7-8,17H2. The molecule has 3 nitrogen and oxygen atoms in total. The first-order chi connectivity index (χ1) is 9.19. The topological polar surface area (TPSA) is 51.8 Å². The lowest BCUT2D eigenvalue weighted by Gasteiger charge is -2.21. The molecular weight excluding hydrogens is 241 g/mol. The SMILES string of the molecule is NC1(c2ncc(-c3ccccc3F)cn2)CCCC1. The lowest BCUT2D eigenvalue weighted by Crippen LogP contribution is -2.35. The van der Waals surface area contributed by atoms with E-state index in [9.17, 15) is 4.39 Å². The molecule has 4 heteroatoms. The van der Waals surface area contributed by atoms with Crippen molar-refractivity contribution in [3.05, 3.63) is 48.3 Å². The van der Waals surface area contributed by atoms with Gasteiger partial charge in [0.05, 0.1) is 5.54 Å². The predicted octanol–water partition coefficient (Wildman–Crippen LogP) is 3.01. The summed E-state index contributed by atoms with van der Waals surface area (Å²) in [5.41, 5.74) is 7.11. The van der Waals surface area contributed by atoms with Gasteiger partial charge in [0.15, 0.2) is 0 Å². The molecule has 0 radical (unpaired) electrons. The molecule has 0 aliphatic heterocycles. The zero-order chi connectivity index (χ0) is 13.3. The zero-order valence-electron chi connectivity index (χ0n) is 10.6. The summed E-state index contributed by atoms with van der Waals surface area (Å²) in [5, 5.41) is 0. The maximum atomic E-state index is 13.7. The van der Waals surface area contributed by atoms with Crippen LogP contribution in [0.4, 0.5) is 4.39 Å². The van der Waals surface area contributed by atoms with Crippen LogP contribution in [-0.2, 0) is 5.54 Å². The van der Waals surface area contributed by atoms with Gasteiger partial charge < -0.3 is 5.73 Å². The fraction of sp³-hybridized carbons (Fsp3) is 0.333. The van der Waals surface area contributed by atoms with Gasteiger partial charge in [0.2, 0.25) is 0 Å². The van der Waals surface area contributed by atoms with Gasteiger partial charge in [-0.15, -0.1) is 0 Å². The minimum absolute atomic E-state index is 0.262. The van der Waals surface area contributed by atoms with Crippen LogP contribution in [0.3, 0.4) is 0 Å². The van der Waals surface area contributed by atoms with Crippen molar-refractivity contribution >= 4 is 0 Å². The van der Waals surface area contributed by atoms with Gasteiger partial charge in [-0.3, -0.25) is 0 Å². The summed E-state index contributed by atoms with van der Waals surface area (Å²) in [7, 11) is 0. The zero-order valence-corrected chi connectivity index (χ0v) is 10.6. The number of nitrogens with two attached hydrogens (primary N) is 1. The first-order valence-corrected chi connectivity index (χ1v) is 6.55. The molecule has 2 N–H and O–H groups in total. The van der Waals surface area contributed by atoms with E-state index in [4.69, 9.17) is 5.73 Å². The van der Waals surface area contributed by atoms with E-state index in [1.54, 1.807) is 30.6 Å². The summed E-state index contributed by atoms with van der Waals surface area (Å²) in [4.78, 5) is 8.69. The van der Waals surface area contributed by atoms with E-state index in [1.807, 2.05) is 0 Å². The number of halogens is 1. The van der Waals surface area contributed by atoms with Crippen molar-refractivity contribution in [2.45, 2.75) is 31.2 Å². The summed E-state index contributed by atoms with van der Waals surface area (Å²) in [6.07, 6.45) is 7.41. The molecule has 1 saturated carbocycles. The quantitative estimate of drug-likeness (QED) is 0.899. The number of benzene rings is 1. The third-order valence-electron chi connectivity index (χ3n) is 3.78. The van der Waals surface area contributed by atoms with Crippen LogP contribution < -0.4 is 5.73 Å². The highest BCUT2D eigenvalue weighted by Crippen LogP contribution is 2.34. The molecule has 1 aliphatic rings. The van der Waals surface area contributed by atoms with Gasteiger partial charge in [0, 0.05) is 23.5 Å². The first-order valence-electron chi connectivity index (χ1n) is 6.55. The molecule has 0 unspecified atom stereocenters. The second kappa shape index (κ2) is 4.70. The van der Waals surface area contributed by atoms with E-state index >= 15 is 0 Å². The highest BCUT2D eigenvalue weighted by Gasteiger charge is 2.33. The van der Waals surface area contributed by atoms with Crippen LogP contribution in [0.1, 0.15) is 31.5 Å². The molecule has 98 valence electrons. The molecule has 1 aromatic carbocycles. The van der Waals surface area contributed by atoms with Crippen LogP contribution in [0.5, 0.6) is 0 Å². The Kier molecular flexibility index (Phi) is 3.03. The molecule has 1 fully saturated rings. The highest BCUT2D eigenvalue weighted by atomic mass is 19.1. The predicted molar refractivity (Wildman–Crippen MR) is 71.8 cm³/mol. The van der Waals surface area contributed by atoms with Gasteiger partial charge >= 0.3 is 0 Å². The van der Waals surface area contributed by atoms with Crippen LogP contribution in [0.25, 0.3) is 11.1 Å². The van der Waals surface area contributed by atoms with Gasteiger partial charge in [-0.2, -0.15) is 0 Å². The largest absolute Gasteiger partial charge is 0.319 e. The number of nitrogens with zero attached hydrogens (tertiary/aromatic N) is 2. The molecule has 19 heavy (non-hydrogen) atoms. The summed E-state index contributed by atoms with van der Waals surface area (Å²) in [5.74, 6) is 0.410. The van der Waals surface area contributed by atoms with Crippen LogP contribution in [0.2, 0.25) is 0 Å². The number of hydrogen-bond donors (Lipinski definition) is 1. The third-order valence-corrected chi connectivity index (χ3v) is 3.78. The fourth-order valence-corrected chi connectivity index (χ4v) is 2.65. The average molecular weight is 257 g/mol. The molecule has 0 saturated heterocycles. The van der Waals surface area contributed by atoms with E-state index in [0.29, 0.717) is 17.0 Å². The van der Waals surface area contributed by atoms with Gasteiger partial charge in [0.1, 0.15) is 11.6 Å². The Morgan fingerprint density at radius 3 is 2.32 bits per heavy atom. The minimum atomic E-state index is -0.395. The summed E-state index contributed by atoms with van der Waals surface area (Å²) < 4.78 is 13.7. The Morgan fingerprint density at radius 1 is 1.05 bits per heavy atom. The number of hydrogen-bond acceptors (Lipinski definition) is 3. The van der Waals surface area contributed by atoms with Crippen molar-refractivity contribution in [3.8, 4) is 11.1 Å². The lowest BCUT2D eigenvalue weighted by atomic mass is 9.98. The molecule has 2 aromatic rings. The van der Waals surface area contributed by atoms with Crippen molar-refractivity contribution in [2.24, 2.45) is 5.73 Å². The van der Waals surface area contributed by atoms with E-state index in [-0.39, 0.29) is 5.82 Å². The molecule has 0 bridgehead atoms. The maximum absolute atomic E-state index is 13.7. The normalized spacial score (nSPS) is 17.6. The second-order valence-electron chi connectivity index (χ2n) is 5.14. The summed E-state index contributed by atoms with van der Waals surface area (Å²) >= 11 is 0. The monoisotopic (exact) mass is 257 g/mol. The Hall–Kier alpha value is -1.81. The van der Waals surface area contributed by atoms with Crippen molar-refractivity contribution in [1.29, 1.82) is 0 Å². The lowest BCUT2D eigenvalue weighted by molar-refractivity contribution is 0.431. The Labute approximate surface area is 111 Å². The van der Waals surface area contributed by atoms with Gasteiger partial charge in [-0.1, -0.05) is 31.0 Å². The van der Waals surface area contributed by atoms with Gasteiger partial charge in [-0.25, -0.2) is 14.4 Å². The van der Waals surface area contributed by atoms with E-state index in [0.717, 1.165) is 25.7 Å². The second-order valence-corrected chi connectivity index (χ2v) is 5.14. The first kappa shape index (κ1) is 12.2. The van der Waals surface area contributed by atoms with Crippen LogP contribution in [0.15, 0.2) is 36.7 Å². The smallest absolute Gasteiger partial charge is 0.148 e. The van der Waals surface area contributed by atoms with Crippen molar-refractivity contribution in [2.75, 3.05) is 0 Å². The molecule has 0 amide bonds. The van der Waals surface area contributed by atoms with Crippen LogP contribution in [0, 0.1) is 5.82 Å². The Bertz CT molecular complexity index is 574. The molecule has 1 aliphatic carbocycles. The van der Waals surface area contributed by atoms with E-state index in [2.05, 4.69) is 9.97 Å². The maximum Gasteiger partial charge on any atom is 0.148 e. The van der Waals surface area contributed by atoms with Gasteiger partial charge in [0.25, 0.3) is 0 Å². The molecule has 0 atom stereocenters. The number of rotatable bonds is 2. The van der Waals surface area contributed by atoms with Gasteiger partial charge in [-0.05, 0) is 18.9 Å². The molecular formula is C15H16FN3. The molecule has 3 rings (SSSR count). The average Bonchev–Trinajstić information content (AvgIpc) is 2.88. The summed E-state index contributed by atoms with van der Waals surface area (Å²) in [6.45, 7) is 0. The van der Waals surface area contributed by atoms with Crippen molar-refractivity contribution in [1.82, 2.24) is 9.97 Å². The fourth-order valence-electron chi connectivity index (χ4n) is 2.65. The minimum Gasteiger partial charge on any atom is -0.319 e.